The van der Waals surface area contributed by atoms with Crippen molar-refractivity contribution in [2.24, 2.45) is 5.92 Å². The Bertz CT molecular complexity index is 272. The van der Waals surface area contributed by atoms with E-state index in [9.17, 15) is 4.21 Å². The molecule has 1 heterocycles. The zero-order valence-corrected chi connectivity index (χ0v) is 11.8. The third kappa shape index (κ3) is 3.30. The Morgan fingerprint density at radius 2 is 2.12 bits per heavy atom. The molecule has 17 heavy (non-hydrogen) atoms. The van der Waals surface area contributed by atoms with Crippen molar-refractivity contribution in [2.75, 3.05) is 20.3 Å². The molecule has 100 valence electrons. The van der Waals surface area contributed by atoms with Gasteiger partial charge in [-0.2, -0.15) is 0 Å². The largest absolute Gasteiger partial charge is 0.380 e. The van der Waals surface area contributed by atoms with Crippen LogP contribution in [-0.2, 0) is 15.5 Å². The van der Waals surface area contributed by atoms with Gasteiger partial charge in [0.1, 0.15) is 0 Å². The summed E-state index contributed by atoms with van der Waals surface area (Å²) in [6, 6.07) is 0.377. The topological polar surface area (TPSA) is 38.3 Å². The minimum absolute atomic E-state index is 0.198. The number of nitrogens with one attached hydrogen (secondary N) is 1. The van der Waals surface area contributed by atoms with E-state index >= 15 is 0 Å². The molecule has 4 heteroatoms. The van der Waals surface area contributed by atoms with Crippen molar-refractivity contribution in [2.45, 2.75) is 55.6 Å². The maximum absolute atomic E-state index is 12.7. The van der Waals surface area contributed by atoms with Gasteiger partial charge in [-0.15, -0.1) is 0 Å². The summed E-state index contributed by atoms with van der Waals surface area (Å²) in [5.41, 5.74) is 0. The fourth-order valence-corrected chi connectivity index (χ4v) is 5.35. The van der Waals surface area contributed by atoms with Gasteiger partial charge < -0.3 is 10.1 Å². The lowest BCUT2D eigenvalue weighted by Gasteiger charge is -2.35. The molecular weight excluding hydrogens is 234 g/mol. The zero-order chi connectivity index (χ0) is 12.3. The third-order valence-electron chi connectivity index (χ3n) is 4.19. The van der Waals surface area contributed by atoms with Crippen LogP contribution in [0.4, 0.5) is 0 Å². The van der Waals surface area contributed by atoms with Crippen molar-refractivity contribution >= 4 is 10.8 Å². The highest BCUT2D eigenvalue weighted by Crippen LogP contribution is 2.30. The lowest BCUT2D eigenvalue weighted by atomic mass is 9.90. The second kappa shape index (κ2) is 6.30. The maximum atomic E-state index is 12.7. The van der Waals surface area contributed by atoms with E-state index in [1.807, 2.05) is 7.05 Å². The molecular formula is C13H25NO2S. The van der Waals surface area contributed by atoms with Gasteiger partial charge in [0.2, 0.25) is 0 Å². The molecule has 0 aromatic heterocycles. The summed E-state index contributed by atoms with van der Waals surface area (Å²) in [7, 11) is 1.24. The standard InChI is InChI=1S/C13H25NO2S/c1-10-4-3-5-11(8-10)17(15)13-9-16-7-6-12(13)14-2/h10-14H,3-9H2,1-2H3. The Morgan fingerprint density at radius 1 is 1.29 bits per heavy atom. The highest BCUT2D eigenvalue weighted by atomic mass is 32.2. The van der Waals surface area contributed by atoms with Crippen LogP contribution in [0, 0.1) is 5.92 Å². The second-order valence-corrected chi connectivity index (χ2v) is 7.45. The van der Waals surface area contributed by atoms with Crippen LogP contribution in [0.5, 0.6) is 0 Å². The highest BCUT2D eigenvalue weighted by Gasteiger charge is 2.35. The van der Waals surface area contributed by atoms with Gasteiger partial charge in [0, 0.05) is 28.7 Å². The van der Waals surface area contributed by atoms with E-state index in [-0.39, 0.29) is 5.25 Å². The molecule has 1 saturated carbocycles. The zero-order valence-electron chi connectivity index (χ0n) is 11.0. The molecule has 1 N–H and O–H groups in total. The van der Waals surface area contributed by atoms with Crippen molar-refractivity contribution in [3.8, 4) is 0 Å². The second-order valence-electron chi connectivity index (χ2n) is 5.52. The molecule has 0 spiro atoms. The van der Waals surface area contributed by atoms with Crippen LogP contribution in [0.1, 0.15) is 39.0 Å². The van der Waals surface area contributed by atoms with Gasteiger partial charge in [0.25, 0.3) is 0 Å². The van der Waals surface area contributed by atoms with Crippen LogP contribution < -0.4 is 5.32 Å². The van der Waals surface area contributed by atoms with Crippen molar-refractivity contribution in [1.29, 1.82) is 0 Å². The van der Waals surface area contributed by atoms with E-state index in [1.165, 1.54) is 12.8 Å². The smallest absolute Gasteiger partial charge is 0.0738 e. The van der Waals surface area contributed by atoms with E-state index in [0.717, 1.165) is 31.8 Å². The summed E-state index contributed by atoms with van der Waals surface area (Å²) in [5, 5.41) is 3.91. The van der Waals surface area contributed by atoms with E-state index < -0.39 is 10.8 Å². The normalized spacial score (nSPS) is 41.1. The first-order chi connectivity index (χ1) is 8.22. The molecule has 2 fully saturated rings. The summed E-state index contributed by atoms with van der Waals surface area (Å²) in [6.45, 7) is 3.76. The molecule has 2 rings (SSSR count). The quantitative estimate of drug-likeness (QED) is 0.838. The number of hydrogen-bond acceptors (Lipinski definition) is 3. The van der Waals surface area contributed by atoms with Crippen LogP contribution in [0.15, 0.2) is 0 Å². The molecule has 2 aliphatic rings. The molecule has 0 bridgehead atoms. The van der Waals surface area contributed by atoms with E-state index in [1.54, 1.807) is 0 Å². The van der Waals surface area contributed by atoms with Crippen LogP contribution in [0.2, 0.25) is 0 Å². The summed E-state index contributed by atoms with van der Waals surface area (Å²) in [5.74, 6) is 0.746. The van der Waals surface area contributed by atoms with E-state index in [4.69, 9.17) is 4.74 Å². The third-order valence-corrected chi connectivity index (χ3v) is 6.34. The molecule has 5 atom stereocenters. The molecule has 1 saturated heterocycles. The summed E-state index contributed by atoms with van der Waals surface area (Å²) in [6.07, 6.45) is 5.83. The van der Waals surface area contributed by atoms with Crippen molar-refractivity contribution in [3.63, 3.8) is 0 Å². The minimum Gasteiger partial charge on any atom is -0.380 e. The van der Waals surface area contributed by atoms with Gasteiger partial charge in [-0.3, -0.25) is 4.21 Å². The highest BCUT2D eigenvalue weighted by molar-refractivity contribution is 7.86. The number of ether oxygens (including phenoxy) is 1. The van der Waals surface area contributed by atoms with Crippen LogP contribution in [0.25, 0.3) is 0 Å². The van der Waals surface area contributed by atoms with Gasteiger partial charge in [0.05, 0.1) is 11.9 Å². The summed E-state index contributed by atoms with van der Waals surface area (Å²) >= 11 is 0. The molecule has 3 nitrogen and oxygen atoms in total. The first-order valence-corrected chi connectivity index (χ1v) is 8.14. The Morgan fingerprint density at radius 3 is 2.82 bits per heavy atom. The molecule has 1 aliphatic carbocycles. The SMILES string of the molecule is CNC1CCOCC1S(=O)C1CCCC(C)C1. The Labute approximate surface area is 107 Å². The van der Waals surface area contributed by atoms with Crippen molar-refractivity contribution in [3.05, 3.63) is 0 Å². The number of hydrogen-bond donors (Lipinski definition) is 1. The molecule has 5 unspecified atom stereocenters. The molecule has 0 amide bonds. The first-order valence-electron chi connectivity index (χ1n) is 6.86. The molecule has 0 radical (unpaired) electrons. The monoisotopic (exact) mass is 259 g/mol. The Kier molecular flexibility index (Phi) is 5.00. The Balaban J connectivity index is 1.97. The average Bonchev–Trinajstić information content (AvgIpc) is 2.38. The van der Waals surface area contributed by atoms with Crippen LogP contribution in [0.3, 0.4) is 0 Å². The number of rotatable bonds is 3. The molecule has 0 aromatic carbocycles. The Hall–Kier alpha value is 0.0700. The maximum Gasteiger partial charge on any atom is 0.0738 e. The van der Waals surface area contributed by atoms with Gasteiger partial charge >= 0.3 is 0 Å². The lowest BCUT2D eigenvalue weighted by molar-refractivity contribution is 0.0834. The fourth-order valence-electron chi connectivity index (χ4n) is 3.11. The van der Waals surface area contributed by atoms with Crippen LogP contribution in [-0.4, -0.2) is 41.0 Å². The summed E-state index contributed by atoms with van der Waals surface area (Å²) in [4.78, 5) is 0. The fraction of sp³-hybridized carbons (Fsp3) is 1.00. The average molecular weight is 259 g/mol. The predicted octanol–water partition coefficient (Wildman–Crippen LogP) is 1.69. The minimum atomic E-state index is -0.731. The van der Waals surface area contributed by atoms with Gasteiger partial charge in [-0.25, -0.2) is 0 Å². The molecule has 0 aromatic rings. The van der Waals surface area contributed by atoms with Crippen LogP contribution >= 0.6 is 0 Å². The first kappa shape index (κ1) is 13.5. The van der Waals surface area contributed by atoms with Gasteiger partial charge in [-0.05, 0) is 32.2 Å². The lowest BCUT2D eigenvalue weighted by Crippen LogP contribution is -2.49. The summed E-state index contributed by atoms with van der Waals surface area (Å²) < 4.78 is 18.2. The molecule has 1 aliphatic heterocycles. The van der Waals surface area contributed by atoms with Crippen molar-refractivity contribution in [1.82, 2.24) is 5.32 Å². The predicted molar refractivity (Wildman–Crippen MR) is 71.6 cm³/mol. The van der Waals surface area contributed by atoms with E-state index in [2.05, 4.69) is 12.2 Å². The van der Waals surface area contributed by atoms with Gasteiger partial charge in [-0.1, -0.05) is 19.8 Å². The van der Waals surface area contributed by atoms with E-state index in [0.29, 0.717) is 17.9 Å². The van der Waals surface area contributed by atoms with Crippen molar-refractivity contribution < 1.29 is 8.95 Å². The van der Waals surface area contributed by atoms with Gasteiger partial charge in [0.15, 0.2) is 0 Å².